The second-order valence-corrected chi connectivity index (χ2v) is 10.0. The monoisotopic (exact) mass is 413 g/mol. The highest BCUT2D eigenvalue weighted by atomic mass is 19.2. The molecule has 3 unspecified atom stereocenters. The van der Waals surface area contributed by atoms with Crippen molar-refractivity contribution in [2.75, 3.05) is 11.9 Å². The Bertz CT molecular complexity index is 1060. The van der Waals surface area contributed by atoms with Gasteiger partial charge in [0.15, 0.2) is 11.6 Å². The van der Waals surface area contributed by atoms with Gasteiger partial charge in [-0.1, -0.05) is 0 Å². The Balaban J connectivity index is 1.08. The van der Waals surface area contributed by atoms with E-state index in [9.17, 15) is 18.4 Å². The molecule has 1 aromatic carbocycles. The molecule has 2 amide bonds. The van der Waals surface area contributed by atoms with Gasteiger partial charge >= 0.3 is 11.8 Å². The highest BCUT2D eigenvalue weighted by molar-refractivity contribution is 6.40. The van der Waals surface area contributed by atoms with Gasteiger partial charge in [-0.15, -0.1) is 0 Å². The number of hydrogen-bond donors (Lipinski definition) is 3. The third-order valence-electron chi connectivity index (χ3n) is 8.62. The molecule has 0 spiro atoms. The van der Waals surface area contributed by atoms with E-state index >= 15 is 0 Å². The molecule has 4 aliphatic rings. The van der Waals surface area contributed by atoms with Crippen molar-refractivity contribution in [3.63, 3.8) is 0 Å². The number of amides is 2. The number of carbonyl (C=O) groups is 2. The van der Waals surface area contributed by atoms with Crippen molar-refractivity contribution in [1.82, 2.24) is 10.3 Å². The third kappa shape index (κ3) is 2.56. The van der Waals surface area contributed by atoms with Crippen LogP contribution in [0, 0.1) is 46.6 Å². The van der Waals surface area contributed by atoms with Gasteiger partial charge in [-0.3, -0.25) is 9.59 Å². The second kappa shape index (κ2) is 6.28. The van der Waals surface area contributed by atoms with E-state index in [1.165, 1.54) is 38.3 Å². The number of rotatable bonds is 4. The zero-order valence-corrected chi connectivity index (χ0v) is 16.6. The van der Waals surface area contributed by atoms with Crippen LogP contribution in [0.2, 0.25) is 0 Å². The molecule has 6 rings (SSSR count). The molecule has 5 nitrogen and oxygen atoms in total. The quantitative estimate of drug-likeness (QED) is 0.664. The first kappa shape index (κ1) is 18.3. The van der Waals surface area contributed by atoms with E-state index in [0.717, 1.165) is 48.1 Å². The molecule has 6 atom stereocenters. The molecule has 2 bridgehead atoms. The first-order valence-corrected chi connectivity index (χ1v) is 11.0. The topological polar surface area (TPSA) is 74.0 Å². The summed E-state index contributed by atoms with van der Waals surface area (Å²) in [5, 5.41) is 5.60. The van der Waals surface area contributed by atoms with E-state index in [0.29, 0.717) is 22.9 Å². The summed E-state index contributed by atoms with van der Waals surface area (Å²) in [5.74, 6) is 1.01. The summed E-state index contributed by atoms with van der Waals surface area (Å²) in [4.78, 5) is 27.4. The maximum Gasteiger partial charge on any atom is 0.313 e. The van der Waals surface area contributed by atoms with Crippen molar-refractivity contribution < 1.29 is 18.4 Å². The van der Waals surface area contributed by atoms with E-state index in [4.69, 9.17) is 0 Å². The Morgan fingerprint density at radius 1 is 1.07 bits per heavy atom. The van der Waals surface area contributed by atoms with Crippen LogP contribution in [0.3, 0.4) is 0 Å². The van der Waals surface area contributed by atoms with Crippen molar-refractivity contribution >= 4 is 28.4 Å². The first-order chi connectivity index (χ1) is 14.4. The number of aromatic nitrogens is 1. The number of carbonyl (C=O) groups excluding carboxylic acids is 2. The van der Waals surface area contributed by atoms with Crippen molar-refractivity contribution in [2.45, 2.75) is 38.5 Å². The normalized spacial score (nSPS) is 35.3. The van der Waals surface area contributed by atoms with E-state index in [1.807, 2.05) is 0 Å². The van der Waals surface area contributed by atoms with Gasteiger partial charge in [-0.05, 0) is 79.6 Å². The number of aromatic amines is 1. The molecule has 7 heteroatoms. The maximum absolute atomic E-state index is 13.5. The van der Waals surface area contributed by atoms with Crippen molar-refractivity contribution in [1.29, 1.82) is 0 Å². The fourth-order valence-corrected chi connectivity index (χ4v) is 7.66. The van der Waals surface area contributed by atoms with Crippen LogP contribution >= 0.6 is 0 Å². The number of benzene rings is 1. The standard InChI is InChI=1S/C23H25F2N3O2/c24-16-6-14-18(7-17(16)25)27-10-19(14)28-22(30)21(29)26-2-1-23-8-11-3-12-5-13(9-23)20(12)15(23)4-11/h6-7,10-13,15,20,27H,1-5,8-9H2,(H,26,29)(H,28,30)/t11?,12-,13-,15?,20-,23?/m0/s1. The molecule has 0 radical (unpaired) electrons. The number of halogens is 2. The van der Waals surface area contributed by atoms with E-state index in [1.54, 1.807) is 0 Å². The Kier molecular flexibility index (Phi) is 3.84. The van der Waals surface area contributed by atoms with Gasteiger partial charge in [0, 0.05) is 24.2 Å². The molecule has 0 aliphatic heterocycles. The first-order valence-electron chi connectivity index (χ1n) is 11.0. The predicted molar refractivity (Wildman–Crippen MR) is 107 cm³/mol. The largest absolute Gasteiger partial charge is 0.359 e. The molecule has 3 N–H and O–H groups in total. The lowest BCUT2D eigenvalue weighted by Gasteiger charge is -2.48. The van der Waals surface area contributed by atoms with Crippen LogP contribution in [-0.2, 0) is 9.59 Å². The molecule has 158 valence electrons. The van der Waals surface area contributed by atoms with Crippen LogP contribution in [0.1, 0.15) is 38.5 Å². The zero-order valence-electron chi connectivity index (χ0n) is 16.6. The fourth-order valence-electron chi connectivity index (χ4n) is 7.66. The van der Waals surface area contributed by atoms with Crippen LogP contribution in [-0.4, -0.2) is 23.3 Å². The van der Waals surface area contributed by atoms with E-state index < -0.39 is 23.4 Å². The van der Waals surface area contributed by atoms with Gasteiger partial charge in [0.2, 0.25) is 0 Å². The molecule has 4 saturated carbocycles. The lowest BCUT2D eigenvalue weighted by Crippen LogP contribution is -2.40. The summed E-state index contributed by atoms with van der Waals surface area (Å²) in [6.45, 7) is 0.507. The molecular formula is C23H25F2N3O2. The fraction of sp³-hybridized carbons (Fsp3) is 0.565. The van der Waals surface area contributed by atoms with Gasteiger partial charge in [-0.2, -0.15) is 0 Å². The minimum absolute atomic E-state index is 0.255. The number of hydrogen-bond acceptors (Lipinski definition) is 2. The smallest absolute Gasteiger partial charge is 0.313 e. The minimum Gasteiger partial charge on any atom is -0.359 e. The van der Waals surface area contributed by atoms with Crippen LogP contribution in [0.15, 0.2) is 18.3 Å². The highest BCUT2D eigenvalue weighted by Crippen LogP contribution is 2.74. The maximum atomic E-state index is 13.5. The summed E-state index contributed by atoms with van der Waals surface area (Å²) in [5.41, 5.74) is 0.976. The van der Waals surface area contributed by atoms with E-state index in [-0.39, 0.29) is 5.69 Å². The SMILES string of the molecule is O=C(NCCC12CC3CC1[C@H]1[C@@H](C3)C[C@H]1C2)C(=O)Nc1c[nH]c2cc(F)c(F)cc12. The summed E-state index contributed by atoms with van der Waals surface area (Å²) in [7, 11) is 0. The van der Waals surface area contributed by atoms with Gasteiger partial charge < -0.3 is 15.6 Å². The van der Waals surface area contributed by atoms with Crippen LogP contribution in [0.25, 0.3) is 10.9 Å². The Morgan fingerprint density at radius 3 is 2.77 bits per heavy atom. The van der Waals surface area contributed by atoms with Crippen molar-refractivity contribution in [3.05, 3.63) is 30.0 Å². The van der Waals surface area contributed by atoms with Gasteiger partial charge in [-0.25, -0.2) is 8.78 Å². The lowest BCUT2D eigenvalue weighted by molar-refractivity contribution is -0.136. The average Bonchev–Trinajstić information content (AvgIpc) is 3.27. The summed E-state index contributed by atoms with van der Waals surface area (Å²) < 4.78 is 26.9. The Labute approximate surface area is 173 Å². The van der Waals surface area contributed by atoms with Crippen molar-refractivity contribution in [3.8, 4) is 0 Å². The molecule has 2 aromatic rings. The molecule has 4 aliphatic carbocycles. The lowest BCUT2D eigenvalue weighted by atomic mass is 9.57. The number of nitrogens with one attached hydrogen (secondary N) is 3. The Hall–Kier alpha value is -2.44. The Morgan fingerprint density at radius 2 is 1.90 bits per heavy atom. The highest BCUT2D eigenvalue weighted by Gasteiger charge is 2.66. The average molecular weight is 413 g/mol. The molecule has 4 fully saturated rings. The van der Waals surface area contributed by atoms with Crippen LogP contribution in [0.4, 0.5) is 14.5 Å². The number of anilines is 1. The summed E-state index contributed by atoms with van der Waals surface area (Å²) in [6.07, 6.45) is 9.15. The zero-order chi connectivity index (χ0) is 20.6. The van der Waals surface area contributed by atoms with Crippen LogP contribution < -0.4 is 10.6 Å². The third-order valence-corrected chi connectivity index (χ3v) is 8.62. The molecular weight excluding hydrogens is 388 g/mol. The summed E-state index contributed by atoms with van der Waals surface area (Å²) in [6, 6.07) is 2.03. The van der Waals surface area contributed by atoms with Gasteiger partial charge in [0.1, 0.15) is 0 Å². The van der Waals surface area contributed by atoms with E-state index in [2.05, 4.69) is 15.6 Å². The van der Waals surface area contributed by atoms with Crippen LogP contribution in [0.5, 0.6) is 0 Å². The molecule has 30 heavy (non-hydrogen) atoms. The minimum atomic E-state index is -1.00. The van der Waals surface area contributed by atoms with Gasteiger partial charge in [0.25, 0.3) is 0 Å². The molecule has 0 saturated heterocycles. The molecule has 1 aromatic heterocycles. The second-order valence-electron chi connectivity index (χ2n) is 10.0. The van der Waals surface area contributed by atoms with Gasteiger partial charge in [0.05, 0.1) is 11.2 Å². The predicted octanol–water partition coefficient (Wildman–Crippen LogP) is 3.96. The molecule has 1 heterocycles. The summed E-state index contributed by atoms with van der Waals surface area (Å²) >= 11 is 0. The number of fused-ring (bicyclic) bond motifs is 2. The van der Waals surface area contributed by atoms with Crippen molar-refractivity contribution in [2.24, 2.45) is 35.0 Å². The number of H-pyrrole nitrogens is 1.